The molecular formula is C16H14BrFN2O4. The van der Waals surface area contributed by atoms with Crippen molar-refractivity contribution in [2.24, 2.45) is 0 Å². The molecular weight excluding hydrogens is 383 g/mol. The highest BCUT2D eigenvalue weighted by atomic mass is 79.9. The number of nitrogens with zero attached hydrogens (tertiary/aromatic N) is 1. The SMILES string of the molecule is O=C(CCCOc1cccc(Br)c1)Nc1ccc(F)c([N+](=O)[O-])c1. The molecule has 0 aliphatic carbocycles. The van der Waals surface area contributed by atoms with Crippen molar-refractivity contribution in [2.75, 3.05) is 11.9 Å². The molecule has 0 saturated heterocycles. The molecule has 2 rings (SSSR count). The second-order valence-corrected chi connectivity index (χ2v) is 5.80. The molecule has 0 atom stereocenters. The molecule has 2 aromatic carbocycles. The topological polar surface area (TPSA) is 81.5 Å². The Morgan fingerprint density at radius 3 is 2.79 bits per heavy atom. The highest BCUT2D eigenvalue weighted by Crippen LogP contribution is 2.22. The number of halogens is 2. The van der Waals surface area contributed by atoms with Crippen LogP contribution in [0, 0.1) is 15.9 Å². The van der Waals surface area contributed by atoms with Gasteiger partial charge in [0, 0.05) is 22.6 Å². The fourth-order valence-corrected chi connectivity index (χ4v) is 2.31. The van der Waals surface area contributed by atoms with E-state index in [0.29, 0.717) is 18.8 Å². The van der Waals surface area contributed by atoms with Crippen LogP contribution in [0.25, 0.3) is 0 Å². The molecule has 0 bridgehead atoms. The van der Waals surface area contributed by atoms with E-state index in [-0.39, 0.29) is 18.0 Å². The Bertz CT molecular complexity index is 755. The standard InChI is InChI=1S/C16H14BrFN2O4/c17-11-3-1-4-13(9-11)24-8-2-5-16(21)19-12-6-7-14(18)15(10-12)20(22)23/h1,3-4,6-7,9-10H,2,5,8H2,(H,19,21). The number of anilines is 1. The molecule has 8 heteroatoms. The number of rotatable bonds is 7. The number of carbonyl (C=O) groups excluding carboxylic acids is 1. The third kappa shape index (κ3) is 5.31. The smallest absolute Gasteiger partial charge is 0.306 e. The van der Waals surface area contributed by atoms with Crippen molar-refractivity contribution < 1.29 is 18.8 Å². The highest BCUT2D eigenvalue weighted by molar-refractivity contribution is 9.10. The monoisotopic (exact) mass is 396 g/mol. The Balaban J connectivity index is 1.79. The maximum Gasteiger partial charge on any atom is 0.306 e. The number of carbonyl (C=O) groups is 1. The molecule has 126 valence electrons. The molecule has 0 fully saturated rings. The third-order valence-corrected chi connectivity index (χ3v) is 3.53. The second kappa shape index (κ2) is 8.39. The first-order valence-electron chi connectivity index (χ1n) is 7.08. The van der Waals surface area contributed by atoms with E-state index in [2.05, 4.69) is 21.2 Å². The predicted molar refractivity (Wildman–Crippen MR) is 90.6 cm³/mol. The summed E-state index contributed by atoms with van der Waals surface area (Å²) in [7, 11) is 0. The van der Waals surface area contributed by atoms with Gasteiger partial charge >= 0.3 is 5.69 Å². The maximum atomic E-state index is 13.2. The van der Waals surface area contributed by atoms with Crippen LogP contribution in [0.5, 0.6) is 5.75 Å². The summed E-state index contributed by atoms with van der Waals surface area (Å²) >= 11 is 3.33. The van der Waals surface area contributed by atoms with Gasteiger partial charge in [0.15, 0.2) is 0 Å². The van der Waals surface area contributed by atoms with E-state index in [0.717, 1.165) is 16.6 Å². The normalized spacial score (nSPS) is 10.2. The Morgan fingerprint density at radius 1 is 1.29 bits per heavy atom. The molecule has 0 spiro atoms. The lowest BCUT2D eigenvalue weighted by atomic mass is 10.2. The van der Waals surface area contributed by atoms with Crippen molar-refractivity contribution >= 4 is 33.2 Å². The second-order valence-electron chi connectivity index (χ2n) is 4.88. The van der Waals surface area contributed by atoms with Crippen LogP contribution in [-0.2, 0) is 4.79 Å². The zero-order chi connectivity index (χ0) is 17.5. The summed E-state index contributed by atoms with van der Waals surface area (Å²) in [6, 6.07) is 10.6. The van der Waals surface area contributed by atoms with Crippen LogP contribution in [0.2, 0.25) is 0 Å². The van der Waals surface area contributed by atoms with Gasteiger partial charge < -0.3 is 10.1 Å². The average Bonchev–Trinajstić information content (AvgIpc) is 2.53. The Labute approximate surface area is 145 Å². The lowest BCUT2D eigenvalue weighted by molar-refractivity contribution is -0.387. The van der Waals surface area contributed by atoms with Crippen LogP contribution in [-0.4, -0.2) is 17.4 Å². The first-order valence-corrected chi connectivity index (χ1v) is 7.87. The fourth-order valence-electron chi connectivity index (χ4n) is 1.93. The van der Waals surface area contributed by atoms with Gasteiger partial charge in [-0.05, 0) is 36.8 Å². The lowest BCUT2D eigenvalue weighted by Crippen LogP contribution is -2.13. The summed E-state index contributed by atoms with van der Waals surface area (Å²) in [5, 5.41) is 13.2. The molecule has 1 amide bonds. The van der Waals surface area contributed by atoms with Gasteiger partial charge in [0.05, 0.1) is 11.5 Å². The van der Waals surface area contributed by atoms with Gasteiger partial charge in [-0.25, -0.2) is 0 Å². The van der Waals surface area contributed by atoms with Gasteiger partial charge in [-0.1, -0.05) is 22.0 Å². The van der Waals surface area contributed by atoms with Crippen LogP contribution in [0.1, 0.15) is 12.8 Å². The van der Waals surface area contributed by atoms with E-state index < -0.39 is 16.4 Å². The van der Waals surface area contributed by atoms with E-state index >= 15 is 0 Å². The number of ether oxygens (including phenoxy) is 1. The van der Waals surface area contributed by atoms with Crippen LogP contribution in [0.15, 0.2) is 46.9 Å². The van der Waals surface area contributed by atoms with Crippen molar-refractivity contribution in [3.63, 3.8) is 0 Å². The molecule has 0 heterocycles. The van der Waals surface area contributed by atoms with Gasteiger partial charge in [0.2, 0.25) is 11.7 Å². The Morgan fingerprint density at radius 2 is 2.08 bits per heavy atom. The summed E-state index contributed by atoms with van der Waals surface area (Å²) in [6.07, 6.45) is 0.654. The number of hydrogen-bond donors (Lipinski definition) is 1. The van der Waals surface area contributed by atoms with E-state index in [1.165, 1.54) is 6.07 Å². The summed E-state index contributed by atoms with van der Waals surface area (Å²) in [5.74, 6) is -0.576. The zero-order valence-corrected chi connectivity index (χ0v) is 14.1. The van der Waals surface area contributed by atoms with Gasteiger partial charge in [-0.2, -0.15) is 4.39 Å². The van der Waals surface area contributed by atoms with Crippen LogP contribution >= 0.6 is 15.9 Å². The molecule has 0 aliphatic heterocycles. The van der Waals surface area contributed by atoms with Gasteiger partial charge in [0.1, 0.15) is 5.75 Å². The highest BCUT2D eigenvalue weighted by Gasteiger charge is 2.15. The molecule has 0 aliphatic rings. The van der Waals surface area contributed by atoms with Gasteiger partial charge in [-0.15, -0.1) is 0 Å². The minimum atomic E-state index is -0.944. The molecule has 0 unspecified atom stereocenters. The molecule has 6 nitrogen and oxygen atoms in total. The van der Waals surface area contributed by atoms with Crippen LogP contribution < -0.4 is 10.1 Å². The predicted octanol–water partition coefficient (Wildman–Crippen LogP) is 4.29. The molecule has 24 heavy (non-hydrogen) atoms. The average molecular weight is 397 g/mol. The van der Waals surface area contributed by atoms with Crippen molar-refractivity contribution in [1.82, 2.24) is 0 Å². The summed E-state index contributed by atoms with van der Waals surface area (Å²) in [4.78, 5) is 21.6. The van der Waals surface area contributed by atoms with Gasteiger partial charge in [0.25, 0.3) is 0 Å². The first-order chi connectivity index (χ1) is 11.5. The quantitative estimate of drug-likeness (QED) is 0.429. The van der Waals surface area contributed by atoms with Gasteiger partial charge in [-0.3, -0.25) is 14.9 Å². The van der Waals surface area contributed by atoms with Crippen LogP contribution in [0.3, 0.4) is 0 Å². The maximum absolute atomic E-state index is 13.2. The number of nitro groups is 1. The number of nitro benzene ring substituents is 1. The number of benzene rings is 2. The minimum absolute atomic E-state index is 0.180. The third-order valence-electron chi connectivity index (χ3n) is 3.04. The molecule has 0 aromatic heterocycles. The molecule has 1 N–H and O–H groups in total. The van der Waals surface area contributed by atoms with Crippen molar-refractivity contribution in [2.45, 2.75) is 12.8 Å². The molecule has 2 aromatic rings. The summed E-state index contributed by atoms with van der Waals surface area (Å²) < 4.78 is 19.6. The molecule has 0 saturated carbocycles. The Hall–Kier alpha value is -2.48. The summed E-state index contributed by atoms with van der Waals surface area (Å²) in [6.45, 7) is 0.355. The number of amides is 1. The van der Waals surface area contributed by atoms with E-state index in [1.54, 1.807) is 0 Å². The number of nitrogens with one attached hydrogen (secondary N) is 1. The largest absolute Gasteiger partial charge is 0.494 e. The fraction of sp³-hybridized carbons (Fsp3) is 0.188. The van der Waals surface area contributed by atoms with Crippen molar-refractivity contribution in [3.05, 3.63) is 62.9 Å². The van der Waals surface area contributed by atoms with E-state index in [1.807, 2.05) is 24.3 Å². The minimum Gasteiger partial charge on any atom is -0.494 e. The first kappa shape index (κ1) is 17.9. The number of hydrogen-bond acceptors (Lipinski definition) is 4. The zero-order valence-electron chi connectivity index (χ0n) is 12.5. The summed E-state index contributed by atoms with van der Waals surface area (Å²) in [5.41, 5.74) is -0.494. The Kier molecular flexibility index (Phi) is 6.25. The lowest BCUT2D eigenvalue weighted by Gasteiger charge is -2.07. The van der Waals surface area contributed by atoms with Crippen molar-refractivity contribution in [1.29, 1.82) is 0 Å². The van der Waals surface area contributed by atoms with E-state index in [9.17, 15) is 19.3 Å². The van der Waals surface area contributed by atoms with Crippen molar-refractivity contribution in [3.8, 4) is 5.75 Å². The molecule has 0 radical (unpaired) electrons. The van der Waals surface area contributed by atoms with Crippen LogP contribution in [0.4, 0.5) is 15.8 Å². The van der Waals surface area contributed by atoms with E-state index in [4.69, 9.17) is 4.74 Å².